The fourth-order valence-corrected chi connectivity index (χ4v) is 2.24. The molecule has 0 aromatic heterocycles. The molecule has 5 heteroatoms. The molecule has 0 aliphatic carbocycles. The average molecular weight is 359 g/mol. The van der Waals surface area contributed by atoms with Gasteiger partial charge in [-0.3, -0.25) is 4.99 Å². The molecule has 0 radical (unpaired) electrons. The van der Waals surface area contributed by atoms with Gasteiger partial charge in [-0.2, -0.15) is 0 Å². The molecule has 0 atom stereocenters. The minimum absolute atomic E-state index is 0. The van der Waals surface area contributed by atoms with Gasteiger partial charge in [-0.05, 0) is 16.7 Å². The van der Waals surface area contributed by atoms with Crippen LogP contribution < -0.4 is 5.32 Å². The molecule has 1 aromatic rings. The van der Waals surface area contributed by atoms with Crippen LogP contribution in [0.5, 0.6) is 0 Å². The lowest BCUT2D eigenvalue weighted by atomic mass is 10.1. The van der Waals surface area contributed by atoms with E-state index in [0.29, 0.717) is 0 Å². The summed E-state index contributed by atoms with van der Waals surface area (Å²) in [6.07, 6.45) is 0. The van der Waals surface area contributed by atoms with Crippen LogP contribution in [0.2, 0.25) is 0 Å². The molecule has 2 aliphatic heterocycles. The van der Waals surface area contributed by atoms with Crippen molar-refractivity contribution in [2.75, 3.05) is 20.1 Å². The highest BCUT2D eigenvalue weighted by molar-refractivity contribution is 14.0. The number of fused-ring (bicyclic) bond motifs is 1. The van der Waals surface area contributed by atoms with Crippen molar-refractivity contribution in [3.63, 3.8) is 0 Å². The highest BCUT2D eigenvalue weighted by Gasteiger charge is 2.13. The smallest absolute Gasteiger partial charge is 0.194 e. The first-order valence-corrected chi connectivity index (χ1v) is 6.01. The van der Waals surface area contributed by atoms with Gasteiger partial charge in [0.15, 0.2) is 5.96 Å². The molecule has 0 bridgehead atoms. The van der Waals surface area contributed by atoms with E-state index in [0.717, 1.165) is 38.8 Å². The number of benzene rings is 1. The van der Waals surface area contributed by atoms with Crippen molar-refractivity contribution in [2.24, 2.45) is 4.99 Å². The van der Waals surface area contributed by atoms with Gasteiger partial charge in [0.05, 0.1) is 19.8 Å². The second-order valence-corrected chi connectivity index (χ2v) is 4.58. The number of guanidine groups is 1. The third-order valence-electron chi connectivity index (χ3n) is 3.29. The lowest BCUT2D eigenvalue weighted by Crippen LogP contribution is -2.35. The fourth-order valence-electron chi connectivity index (χ4n) is 2.24. The average Bonchev–Trinajstić information content (AvgIpc) is 2.94. The summed E-state index contributed by atoms with van der Waals surface area (Å²) < 4.78 is 5.41. The number of halogens is 1. The first kappa shape index (κ1) is 13.6. The molecule has 0 saturated heterocycles. The molecular formula is C13H18IN3O. The van der Waals surface area contributed by atoms with E-state index in [1.807, 2.05) is 0 Å². The molecule has 0 unspecified atom stereocenters. The number of nitrogens with zero attached hydrogens (tertiary/aromatic N) is 2. The van der Waals surface area contributed by atoms with E-state index in [1.165, 1.54) is 16.7 Å². The summed E-state index contributed by atoms with van der Waals surface area (Å²) in [6, 6.07) is 6.56. The molecule has 1 N–H and O–H groups in total. The molecule has 3 rings (SSSR count). The summed E-state index contributed by atoms with van der Waals surface area (Å²) in [7, 11) is 2.06. The zero-order valence-corrected chi connectivity index (χ0v) is 12.8. The minimum Gasteiger partial charge on any atom is -0.372 e. The Morgan fingerprint density at radius 2 is 2.17 bits per heavy atom. The molecule has 0 amide bonds. The molecule has 1 aromatic carbocycles. The molecule has 18 heavy (non-hydrogen) atoms. The van der Waals surface area contributed by atoms with E-state index < -0.39 is 0 Å². The topological polar surface area (TPSA) is 36.9 Å². The van der Waals surface area contributed by atoms with Crippen LogP contribution in [0.1, 0.15) is 16.7 Å². The Morgan fingerprint density at radius 1 is 1.33 bits per heavy atom. The van der Waals surface area contributed by atoms with Crippen molar-refractivity contribution in [1.82, 2.24) is 10.2 Å². The van der Waals surface area contributed by atoms with Gasteiger partial charge in [0.2, 0.25) is 0 Å². The van der Waals surface area contributed by atoms with Gasteiger partial charge in [-0.1, -0.05) is 18.2 Å². The maximum atomic E-state index is 5.41. The quantitative estimate of drug-likeness (QED) is 0.818. The van der Waals surface area contributed by atoms with E-state index in [2.05, 4.69) is 40.5 Å². The van der Waals surface area contributed by atoms with Crippen molar-refractivity contribution in [1.29, 1.82) is 0 Å². The van der Waals surface area contributed by atoms with E-state index in [9.17, 15) is 0 Å². The molecule has 4 nitrogen and oxygen atoms in total. The SMILES string of the molecule is CN1CCN=C1NCc1ccc2c(c1)COC2.I. The molecular weight excluding hydrogens is 341 g/mol. The van der Waals surface area contributed by atoms with Crippen LogP contribution in [0.4, 0.5) is 0 Å². The number of aliphatic imine (C=N–C) groups is 1. The Hall–Kier alpha value is -0.820. The standard InChI is InChI=1S/C13H17N3O.HI/c1-16-5-4-14-13(16)15-7-10-2-3-11-8-17-9-12(11)6-10;/h2-3,6H,4-5,7-9H2,1H3,(H,14,15);1H. The van der Waals surface area contributed by atoms with Crippen molar-refractivity contribution in [3.8, 4) is 0 Å². The van der Waals surface area contributed by atoms with Crippen LogP contribution in [-0.2, 0) is 24.5 Å². The third kappa shape index (κ3) is 2.77. The number of likely N-dealkylation sites (N-methyl/N-ethyl adjacent to an activating group) is 1. The Kier molecular flexibility index (Phi) is 4.45. The van der Waals surface area contributed by atoms with Crippen LogP contribution in [-0.4, -0.2) is 31.0 Å². The predicted octanol–water partition coefficient (Wildman–Crippen LogP) is 1.73. The number of hydrogen-bond acceptors (Lipinski definition) is 4. The number of rotatable bonds is 2. The van der Waals surface area contributed by atoms with Gasteiger partial charge >= 0.3 is 0 Å². The summed E-state index contributed by atoms with van der Waals surface area (Å²) in [4.78, 5) is 6.56. The molecule has 0 fully saturated rings. The summed E-state index contributed by atoms with van der Waals surface area (Å²) in [5.41, 5.74) is 3.94. The fraction of sp³-hybridized carbons (Fsp3) is 0.462. The van der Waals surface area contributed by atoms with Gasteiger partial charge in [-0.25, -0.2) is 0 Å². The molecule has 2 heterocycles. The van der Waals surface area contributed by atoms with Crippen molar-refractivity contribution < 1.29 is 4.74 Å². The van der Waals surface area contributed by atoms with Crippen LogP contribution in [0.25, 0.3) is 0 Å². The second-order valence-electron chi connectivity index (χ2n) is 4.58. The Labute approximate surface area is 124 Å². The Balaban J connectivity index is 0.00000120. The van der Waals surface area contributed by atoms with Crippen molar-refractivity contribution >= 4 is 29.9 Å². The van der Waals surface area contributed by atoms with Gasteiger partial charge in [0.1, 0.15) is 0 Å². The maximum absolute atomic E-state index is 5.41. The van der Waals surface area contributed by atoms with Gasteiger partial charge in [0.25, 0.3) is 0 Å². The van der Waals surface area contributed by atoms with Gasteiger partial charge in [0, 0.05) is 20.1 Å². The first-order valence-electron chi connectivity index (χ1n) is 6.01. The lowest BCUT2D eigenvalue weighted by Gasteiger charge is -2.15. The number of ether oxygens (including phenoxy) is 1. The van der Waals surface area contributed by atoms with Crippen LogP contribution >= 0.6 is 24.0 Å². The second kappa shape index (κ2) is 5.88. The molecule has 0 saturated carbocycles. The highest BCUT2D eigenvalue weighted by Crippen LogP contribution is 2.20. The van der Waals surface area contributed by atoms with Crippen molar-refractivity contribution in [2.45, 2.75) is 19.8 Å². The minimum atomic E-state index is 0. The zero-order valence-electron chi connectivity index (χ0n) is 10.5. The number of hydrogen-bond donors (Lipinski definition) is 1. The van der Waals surface area contributed by atoms with Gasteiger partial charge in [-0.15, -0.1) is 24.0 Å². The monoisotopic (exact) mass is 359 g/mol. The zero-order chi connectivity index (χ0) is 11.7. The van der Waals surface area contributed by atoms with Crippen LogP contribution in [0.15, 0.2) is 23.2 Å². The van der Waals surface area contributed by atoms with Crippen LogP contribution in [0, 0.1) is 0 Å². The summed E-state index contributed by atoms with van der Waals surface area (Å²) in [5, 5.41) is 3.37. The highest BCUT2D eigenvalue weighted by atomic mass is 127. The maximum Gasteiger partial charge on any atom is 0.194 e. The Morgan fingerprint density at radius 3 is 2.94 bits per heavy atom. The van der Waals surface area contributed by atoms with E-state index in [1.54, 1.807) is 0 Å². The van der Waals surface area contributed by atoms with Crippen molar-refractivity contribution in [3.05, 3.63) is 34.9 Å². The lowest BCUT2D eigenvalue weighted by molar-refractivity contribution is 0.134. The van der Waals surface area contributed by atoms with Crippen LogP contribution in [0.3, 0.4) is 0 Å². The largest absolute Gasteiger partial charge is 0.372 e. The summed E-state index contributed by atoms with van der Waals surface area (Å²) in [6.45, 7) is 4.26. The predicted molar refractivity (Wildman–Crippen MR) is 82.1 cm³/mol. The van der Waals surface area contributed by atoms with E-state index in [4.69, 9.17) is 4.74 Å². The Bertz CT molecular complexity index is 462. The summed E-state index contributed by atoms with van der Waals surface area (Å²) in [5.74, 6) is 1.00. The molecule has 98 valence electrons. The molecule has 0 spiro atoms. The van der Waals surface area contributed by atoms with E-state index >= 15 is 0 Å². The van der Waals surface area contributed by atoms with Gasteiger partial charge < -0.3 is 15.0 Å². The molecule has 2 aliphatic rings. The van der Waals surface area contributed by atoms with E-state index in [-0.39, 0.29) is 24.0 Å². The first-order chi connectivity index (χ1) is 8.33. The number of nitrogens with one attached hydrogen (secondary N) is 1. The third-order valence-corrected chi connectivity index (χ3v) is 3.29. The normalized spacial score (nSPS) is 17.2. The summed E-state index contributed by atoms with van der Waals surface area (Å²) >= 11 is 0.